The molecule has 2 nitrogen and oxygen atoms in total. The number of rotatable bonds is 5. The molecule has 1 aliphatic carbocycles. The first-order valence-corrected chi connectivity index (χ1v) is 7.78. The Morgan fingerprint density at radius 3 is 2.32 bits per heavy atom. The maximum absolute atomic E-state index is 6.14. The topological polar surface area (TPSA) is 29.3 Å². The van der Waals surface area contributed by atoms with E-state index in [4.69, 9.17) is 5.73 Å². The second-order valence-corrected chi connectivity index (χ2v) is 6.44. The third-order valence-corrected chi connectivity index (χ3v) is 5.10. The molecular weight excluding hydrogens is 232 g/mol. The molecule has 0 amide bonds. The van der Waals surface area contributed by atoms with Crippen LogP contribution in [0.5, 0.6) is 0 Å². The average Bonchev–Trinajstić information content (AvgIpc) is 3.08. The van der Waals surface area contributed by atoms with Crippen LogP contribution in [0.4, 0.5) is 0 Å². The number of hydrogen-bond acceptors (Lipinski definition) is 2. The first kappa shape index (κ1) is 13.1. The number of nitrogens with zero attached hydrogens (tertiary/aromatic N) is 1. The molecule has 0 spiro atoms. The van der Waals surface area contributed by atoms with Crippen molar-refractivity contribution in [2.24, 2.45) is 5.73 Å². The van der Waals surface area contributed by atoms with E-state index in [1.807, 2.05) is 0 Å². The van der Waals surface area contributed by atoms with E-state index in [-0.39, 0.29) is 6.04 Å². The van der Waals surface area contributed by atoms with Crippen molar-refractivity contribution in [1.29, 1.82) is 0 Å². The lowest BCUT2D eigenvalue weighted by molar-refractivity contribution is 0.343. The Labute approximate surface area is 117 Å². The minimum absolute atomic E-state index is 0.281. The van der Waals surface area contributed by atoms with Gasteiger partial charge in [0.2, 0.25) is 0 Å². The van der Waals surface area contributed by atoms with E-state index in [2.05, 4.69) is 36.1 Å². The molecule has 1 aromatic rings. The fourth-order valence-corrected chi connectivity index (χ4v) is 3.44. The fraction of sp³-hybridized carbons (Fsp3) is 0.647. The molecule has 1 unspecified atom stereocenters. The molecule has 0 bridgehead atoms. The summed E-state index contributed by atoms with van der Waals surface area (Å²) in [7, 11) is 0. The first-order chi connectivity index (χ1) is 9.21. The summed E-state index contributed by atoms with van der Waals surface area (Å²) in [4.78, 5) is 2.58. The minimum atomic E-state index is 0.281. The molecule has 1 saturated carbocycles. The highest BCUT2D eigenvalue weighted by Gasteiger charge is 2.47. The van der Waals surface area contributed by atoms with Crippen molar-refractivity contribution in [1.82, 2.24) is 4.90 Å². The fourth-order valence-electron chi connectivity index (χ4n) is 3.44. The van der Waals surface area contributed by atoms with Gasteiger partial charge in [-0.05, 0) is 63.2 Å². The van der Waals surface area contributed by atoms with Crippen LogP contribution in [0.2, 0.25) is 0 Å². The normalized spacial score (nSPS) is 23.5. The molecule has 2 fully saturated rings. The van der Waals surface area contributed by atoms with Gasteiger partial charge < -0.3 is 10.6 Å². The molecule has 1 atom stereocenters. The second-order valence-electron chi connectivity index (χ2n) is 6.44. The van der Waals surface area contributed by atoms with Gasteiger partial charge in [0.15, 0.2) is 0 Å². The predicted molar refractivity (Wildman–Crippen MR) is 80.4 cm³/mol. The molecule has 2 aliphatic rings. The Bertz CT molecular complexity index is 411. The minimum Gasteiger partial charge on any atom is -0.327 e. The Kier molecular flexibility index (Phi) is 3.64. The number of benzene rings is 1. The highest BCUT2D eigenvalue weighted by Crippen LogP contribution is 2.50. The SMILES string of the molecule is CC(N)C1(c2ccc(CCN3CCCC3)cc2)CC1. The van der Waals surface area contributed by atoms with Crippen LogP contribution in [-0.4, -0.2) is 30.6 Å². The summed E-state index contributed by atoms with van der Waals surface area (Å²) in [6.07, 6.45) is 6.48. The van der Waals surface area contributed by atoms with Gasteiger partial charge in [-0.25, -0.2) is 0 Å². The van der Waals surface area contributed by atoms with Crippen molar-refractivity contribution in [3.63, 3.8) is 0 Å². The quantitative estimate of drug-likeness (QED) is 0.880. The van der Waals surface area contributed by atoms with Crippen molar-refractivity contribution in [3.8, 4) is 0 Å². The number of likely N-dealkylation sites (tertiary alicyclic amines) is 1. The zero-order valence-corrected chi connectivity index (χ0v) is 12.1. The smallest absolute Gasteiger partial charge is 0.0108 e. The maximum atomic E-state index is 6.14. The summed E-state index contributed by atoms with van der Waals surface area (Å²) in [6, 6.07) is 9.54. The third kappa shape index (κ3) is 2.70. The molecule has 104 valence electrons. The largest absolute Gasteiger partial charge is 0.327 e. The molecular formula is C17H26N2. The van der Waals surface area contributed by atoms with Crippen LogP contribution in [0.15, 0.2) is 24.3 Å². The highest BCUT2D eigenvalue weighted by molar-refractivity contribution is 5.35. The van der Waals surface area contributed by atoms with Gasteiger partial charge in [-0.1, -0.05) is 24.3 Å². The average molecular weight is 258 g/mol. The zero-order chi connectivity index (χ0) is 13.3. The van der Waals surface area contributed by atoms with Gasteiger partial charge in [-0.15, -0.1) is 0 Å². The maximum Gasteiger partial charge on any atom is 0.0108 e. The van der Waals surface area contributed by atoms with Crippen LogP contribution in [-0.2, 0) is 11.8 Å². The summed E-state index contributed by atoms with van der Waals surface area (Å²) in [5.74, 6) is 0. The summed E-state index contributed by atoms with van der Waals surface area (Å²) in [6.45, 7) is 5.96. The molecule has 2 N–H and O–H groups in total. The van der Waals surface area contributed by atoms with Gasteiger partial charge in [0.05, 0.1) is 0 Å². The van der Waals surface area contributed by atoms with Gasteiger partial charge in [0, 0.05) is 18.0 Å². The van der Waals surface area contributed by atoms with Crippen molar-refractivity contribution in [2.75, 3.05) is 19.6 Å². The van der Waals surface area contributed by atoms with Crippen molar-refractivity contribution >= 4 is 0 Å². The number of nitrogens with two attached hydrogens (primary N) is 1. The van der Waals surface area contributed by atoms with E-state index in [0.29, 0.717) is 5.41 Å². The predicted octanol–water partition coefficient (Wildman–Crippen LogP) is 2.70. The lowest BCUT2D eigenvalue weighted by atomic mass is 9.89. The van der Waals surface area contributed by atoms with Crippen LogP contribution in [0.1, 0.15) is 43.7 Å². The van der Waals surface area contributed by atoms with Crippen LogP contribution in [0.25, 0.3) is 0 Å². The molecule has 3 rings (SSSR count). The van der Waals surface area contributed by atoms with E-state index in [1.54, 1.807) is 0 Å². The molecule has 2 heteroatoms. The lowest BCUT2D eigenvalue weighted by Crippen LogP contribution is -2.31. The Balaban J connectivity index is 1.59. The molecule has 1 aliphatic heterocycles. The van der Waals surface area contributed by atoms with Gasteiger partial charge in [-0.3, -0.25) is 0 Å². The van der Waals surface area contributed by atoms with Crippen LogP contribution in [0.3, 0.4) is 0 Å². The van der Waals surface area contributed by atoms with Crippen molar-refractivity contribution in [2.45, 2.75) is 50.5 Å². The summed E-state index contributed by atoms with van der Waals surface area (Å²) in [5, 5.41) is 0. The van der Waals surface area contributed by atoms with Gasteiger partial charge in [0.1, 0.15) is 0 Å². The van der Waals surface area contributed by atoms with Gasteiger partial charge in [0.25, 0.3) is 0 Å². The Hall–Kier alpha value is -0.860. The summed E-state index contributed by atoms with van der Waals surface area (Å²) >= 11 is 0. The molecule has 0 aromatic heterocycles. The van der Waals surface area contributed by atoms with Crippen LogP contribution in [0, 0.1) is 0 Å². The van der Waals surface area contributed by atoms with Gasteiger partial charge >= 0.3 is 0 Å². The molecule has 1 aromatic carbocycles. The van der Waals surface area contributed by atoms with E-state index in [9.17, 15) is 0 Å². The Morgan fingerprint density at radius 2 is 1.79 bits per heavy atom. The number of hydrogen-bond donors (Lipinski definition) is 1. The monoisotopic (exact) mass is 258 g/mol. The molecule has 1 heterocycles. The summed E-state index contributed by atoms with van der Waals surface area (Å²) < 4.78 is 0. The standard InChI is InChI=1S/C17H26N2/c1-14(18)17(9-10-17)16-6-4-15(5-7-16)8-13-19-11-2-3-12-19/h4-7,14H,2-3,8-13,18H2,1H3. The lowest BCUT2D eigenvalue weighted by Gasteiger charge is -2.20. The second kappa shape index (κ2) is 5.26. The summed E-state index contributed by atoms with van der Waals surface area (Å²) in [5.41, 5.74) is 9.36. The first-order valence-electron chi connectivity index (χ1n) is 7.78. The third-order valence-electron chi connectivity index (χ3n) is 5.10. The molecule has 1 saturated heterocycles. The van der Waals surface area contributed by atoms with E-state index < -0.39 is 0 Å². The zero-order valence-electron chi connectivity index (χ0n) is 12.1. The van der Waals surface area contributed by atoms with Crippen LogP contribution >= 0.6 is 0 Å². The van der Waals surface area contributed by atoms with E-state index >= 15 is 0 Å². The van der Waals surface area contributed by atoms with E-state index in [0.717, 1.165) is 0 Å². The van der Waals surface area contributed by atoms with Crippen molar-refractivity contribution in [3.05, 3.63) is 35.4 Å². The Morgan fingerprint density at radius 1 is 1.16 bits per heavy atom. The van der Waals surface area contributed by atoms with Crippen molar-refractivity contribution < 1.29 is 0 Å². The van der Waals surface area contributed by atoms with Gasteiger partial charge in [-0.2, -0.15) is 0 Å². The highest BCUT2D eigenvalue weighted by atomic mass is 15.1. The van der Waals surface area contributed by atoms with E-state index in [1.165, 1.54) is 62.9 Å². The molecule has 0 radical (unpaired) electrons. The van der Waals surface area contributed by atoms with Crippen LogP contribution < -0.4 is 5.73 Å². The molecule has 19 heavy (non-hydrogen) atoms.